The molecule has 0 unspecified atom stereocenters. The Balaban J connectivity index is 3.25. The highest BCUT2D eigenvalue weighted by atomic mass is 15.2. The van der Waals surface area contributed by atoms with Crippen molar-refractivity contribution in [2.45, 2.75) is 27.7 Å². The first kappa shape index (κ1) is 16.0. The van der Waals surface area contributed by atoms with E-state index in [1.807, 2.05) is 24.9 Å². The maximum Gasteiger partial charge on any atom is 0.0974 e. The molecule has 1 rings (SSSR count). The Hall–Kier alpha value is -2.03. The Labute approximate surface area is 122 Å². The lowest BCUT2D eigenvalue weighted by Crippen LogP contribution is -2.30. The molecule has 0 heterocycles. The molecule has 0 aliphatic heterocycles. The third kappa shape index (κ3) is 3.73. The molecule has 0 fully saturated rings. The summed E-state index contributed by atoms with van der Waals surface area (Å²) in [7, 11) is 1.91. The van der Waals surface area contributed by atoms with E-state index in [9.17, 15) is 0 Å². The summed E-state index contributed by atoms with van der Waals surface area (Å²) in [6, 6.07) is 6.24. The van der Waals surface area contributed by atoms with Crippen molar-refractivity contribution in [2.75, 3.05) is 23.8 Å². The van der Waals surface area contributed by atoms with Crippen LogP contribution in [0.15, 0.2) is 42.0 Å². The van der Waals surface area contributed by atoms with Crippen LogP contribution in [0.3, 0.4) is 0 Å². The molecule has 0 atom stereocenters. The van der Waals surface area contributed by atoms with Gasteiger partial charge in [0.15, 0.2) is 0 Å². The van der Waals surface area contributed by atoms with Crippen molar-refractivity contribution in [1.82, 2.24) is 0 Å². The maximum absolute atomic E-state index is 8.07. The molecule has 0 radical (unpaired) electrons. The number of aryl methyl sites for hydroxylation is 1. The lowest BCUT2D eigenvalue weighted by Gasteiger charge is -2.27. The molecule has 3 nitrogen and oxygen atoms in total. The van der Waals surface area contributed by atoms with Crippen LogP contribution in [0.5, 0.6) is 0 Å². The number of nitrogens with one attached hydrogen (secondary N) is 2. The molecular formula is C17H25N3. The van der Waals surface area contributed by atoms with Crippen LogP contribution >= 0.6 is 0 Å². The third-order valence-electron chi connectivity index (χ3n) is 3.49. The first-order valence-electron chi connectivity index (χ1n) is 6.80. The summed E-state index contributed by atoms with van der Waals surface area (Å²) >= 11 is 0. The van der Waals surface area contributed by atoms with Crippen LogP contribution in [0.2, 0.25) is 0 Å². The first-order chi connectivity index (χ1) is 9.40. The molecule has 1 aromatic carbocycles. The standard InChI is InChI=1S/C17H25N3/c1-7-13(3)14(4)11-20(15(5)18)17-10-12(2)8-9-16(17)19-6/h7-10,18-19H,1,11H2,2-6H3/b14-13+,18-15?. The van der Waals surface area contributed by atoms with Crippen LogP contribution < -0.4 is 10.2 Å². The van der Waals surface area contributed by atoms with Gasteiger partial charge in [0.25, 0.3) is 0 Å². The average Bonchev–Trinajstić information content (AvgIpc) is 2.43. The van der Waals surface area contributed by atoms with Gasteiger partial charge in [0.2, 0.25) is 0 Å². The lowest BCUT2D eigenvalue weighted by atomic mass is 10.1. The van der Waals surface area contributed by atoms with E-state index in [-0.39, 0.29) is 0 Å². The minimum Gasteiger partial charge on any atom is -0.386 e. The van der Waals surface area contributed by atoms with E-state index in [1.165, 1.54) is 11.1 Å². The highest BCUT2D eigenvalue weighted by Gasteiger charge is 2.14. The SMILES string of the molecule is C=C/C(C)=C(\C)CN(C(C)=N)c1cc(C)ccc1NC. The van der Waals surface area contributed by atoms with Crippen molar-refractivity contribution in [3.05, 3.63) is 47.6 Å². The number of anilines is 2. The van der Waals surface area contributed by atoms with Gasteiger partial charge in [0, 0.05) is 13.6 Å². The molecular weight excluding hydrogens is 246 g/mol. The number of hydrogen-bond acceptors (Lipinski definition) is 2. The van der Waals surface area contributed by atoms with Gasteiger partial charge >= 0.3 is 0 Å². The third-order valence-corrected chi connectivity index (χ3v) is 3.49. The maximum atomic E-state index is 8.07. The molecule has 0 amide bonds. The number of benzene rings is 1. The number of rotatable bonds is 5. The highest BCUT2D eigenvalue weighted by molar-refractivity contribution is 5.97. The van der Waals surface area contributed by atoms with Gasteiger partial charge < -0.3 is 10.2 Å². The van der Waals surface area contributed by atoms with Gasteiger partial charge in [-0.2, -0.15) is 0 Å². The van der Waals surface area contributed by atoms with Crippen LogP contribution in [0, 0.1) is 12.3 Å². The minimum absolute atomic E-state index is 0.531. The molecule has 108 valence electrons. The van der Waals surface area contributed by atoms with E-state index >= 15 is 0 Å². The van der Waals surface area contributed by atoms with Gasteiger partial charge in [-0.25, -0.2) is 0 Å². The Morgan fingerprint density at radius 3 is 2.50 bits per heavy atom. The predicted octanol–water partition coefficient (Wildman–Crippen LogP) is 4.36. The van der Waals surface area contributed by atoms with Crippen LogP contribution in [0.25, 0.3) is 0 Å². The Morgan fingerprint density at radius 1 is 1.35 bits per heavy atom. The van der Waals surface area contributed by atoms with Gasteiger partial charge in [-0.1, -0.05) is 29.9 Å². The van der Waals surface area contributed by atoms with Gasteiger partial charge in [0.05, 0.1) is 17.2 Å². The largest absolute Gasteiger partial charge is 0.386 e. The van der Waals surface area contributed by atoms with E-state index in [2.05, 4.69) is 50.9 Å². The zero-order chi connectivity index (χ0) is 15.3. The van der Waals surface area contributed by atoms with Gasteiger partial charge in [0.1, 0.15) is 0 Å². The summed E-state index contributed by atoms with van der Waals surface area (Å²) < 4.78 is 0. The fourth-order valence-corrected chi connectivity index (χ4v) is 2.00. The molecule has 0 bridgehead atoms. The summed E-state index contributed by atoms with van der Waals surface area (Å²) in [5, 5.41) is 11.3. The molecule has 0 saturated heterocycles. The molecule has 1 aromatic rings. The zero-order valence-corrected chi connectivity index (χ0v) is 13.2. The summed E-state index contributed by atoms with van der Waals surface area (Å²) in [6.07, 6.45) is 1.86. The molecule has 0 aromatic heterocycles. The Kier molecular flexibility index (Phi) is 5.56. The fourth-order valence-electron chi connectivity index (χ4n) is 2.00. The quantitative estimate of drug-likeness (QED) is 0.474. The monoisotopic (exact) mass is 271 g/mol. The molecule has 20 heavy (non-hydrogen) atoms. The zero-order valence-electron chi connectivity index (χ0n) is 13.2. The number of nitrogens with zero attached hydrogens (tertiary/aromatic N) is 1. The normalized spacial score (nSPS) is 11.7. The van der Waals surface area contributed by atoms with E-state index in [0.29, 0.717) is 12.4 Å². The van der Waals surface area contributed by atoms with E-state index in [4.69, 9.17) is 5.41 Å². The smallest absolute Gasteiger partial charge is 0.0974 e. The molecule has 0 spiro atoms. The van der Waals surface area contributed by atoms with Crippen LogP contribution in [0.4, 0.5) is 11.4 Å². The summed E-state index contributed by atoms with van der Waals surface area (Å²) in [5.41, 5.74) is 5.64. The first-order valence-corrected chi connectivity index (χ1v) is 6.80. The van der Waals surface area contributed by atoms with E-state index < -0.39 is 0 Å². The van der Waals surface area contributed by atoms with Gasteiger partial charge in [-0.3, -0.25) is 5.41 Å². The second kappa shape index (κ2) is 6.94. The minimum atomic E-state index is 0.531. The Morgan fingerprint density at radius 2 is 2.00 bits per heavy atom. The predicted molar refractivity (Wildman–Crippen MR) is 90.0 cm³/mol. The van der Waals surface area contributed by atoms with Gasteiger partial charge in [-0.15, -0.1) is 0 Å². The van der Waals surface area contributed by atoms with Crippen molar-refractivity contribution in [3.8, 4) is 0 Å². The van der Waals surface area contributed by atoms with E-state index in [1.54, 1.807) is 0 Å². The topological polar surface area (TPSA) is 39.1 Å². The average molecular weight is 271 g/mol. The van der Waals surface area contributed by atoms with Crippen molar-refractivity contribution >= 4 is 17.2 Å². The summed E-state index contributed by atoms with van der Waals surface area (Å²) in [4.78, 5) is 2.02. The summed E-state index contributed by atoms with van der Waals surface area (Å²) in [6.45, 7) is 12.5. The molecule has 2 N–H and O–H groups in total. The van der Waals surface area contributed by atoms with Crippen molar-refractivity contribution in [3.63, 3.8) is 0 Å². The fraction of sp³-hybridized carbons (Fsp3) is 0.353. The highest BCUT2D eigenvalue weighted by Crippen LogP contribution is 2.28. The number of amidine groups is 1. The second-order valence-corrected chi connectivity index (χ2v) is 5.11. The molecule has 0 aliphatic carbocycles. The van der Waals surface area contributed by atoms with Crippen LogP contribution in [0.1, 0.15) is 26.3 Å². The number of hydrogen-bond donors (Lipinski definition) is 2. The molecule has 3 heteroatoms. The Bertz CT molecular complexity index is 541. The summed E-state index contributed by atoms with van der Waals surface area (Å²) in [5.74, 6) is 0.531. The van der Waals surface area contributed by atoms with Gasteiger partial charge in [-0.05, 0) is 45.4 Å². The second-order valence-electron chi connectivity index (χ2n) is 5.11. The van der Waals surface area contributed by atoms with Crippen LogP contribution in [-0.4, -0.2) is 19.4 Å². The molecule has 0 saturated carbocycles. The lowest BCUT2D eigenvalue weighted by molar-refractivity contribution is 1.03. The van der Waals surface area contributed by atoms with Crippen molar-refractivity contribution < 1.29 is 0 Å². The van der Waals surface area contributed by atoms with Crippen molar-refractivity contribution in [2.24, 2.45) is 0 Å². The van der Waals surface area contributed by atoms with Crippen LogP contribution in [-0.2, 0) is 0 Å². The molecule has 0 aliphatic rings. The van der Waals surface area contributed by atoms with E-state index in [0.717, 1.165) is 16.9 Å². The number of allylic oxidation sites excluding steroid dienone is 2. The van der Waals surface area contributed by atoms with Crippen molar-refractivity contribution in [1.29, 1.82) is 5.41 Å².